The predicted molar refractivity (Wildman–Crippen MR) is 66.5 cm³/mol. The molecule has 1 fully saturated rings. The van der Waals surface area contributed by atoms with Crippen LogP contribution in [-0.4, -0.2) is 43.3 Å². The van der Waals surface area contributed by atoms with Gasteiger partial charge in [0.2, 0.25) is 10.0 Å². The number of carbonyl (C=O) groups is 1. The third-order valence-corrected chi connectivity index (χ3v) is 4.75. The van der Waals surface area contributed by atoms with E-state index in [1.165, 1.54) is 17.8 Å². The smallest absolute Gasteiger partial charge is 0.352 e. The van der Waals surface area contributed by atoms with Gasteiger partial charge >= 0.3 is 5.97 Å². The molecule has 1 heterocycles. The summed E-state index contributed by atoms with van der Waals surface area (Å²) in [5.74, 6) is -1.16. The van der Waals surface area contributed by atoms with Gasteiger partial charge in [-0.1, -0.05) is 0 Å². The monoisotopic (exact) mass is 288 g/mol. The number of hydrogen-bond acceptors (Lipinski definition) is 4. The van der Waals surface area contributed by atoms with E-state index in [-0.39, 0.29) is 22.7 Å². The Morgan fingerprint density at radius 2 is 2.16 bits per heavy atom. The molecule has 19 heavy (non-hydrogen) atoms. The van der Waals surface area contributed by atoms with Crippen molar-refractivity contribution < 1.29 is 23.1 Å². The fourth-order valence-electron chi connectivity index (χ4n) is 2.04. The number of rotatable bonds is 5. The molecular weight excluding hydrogens is 272 g/mol. The average Bonchev–Trinajstić information content (AvgIpc) is 2.66. The number of methoxy groups -OCH3 is 1. The van der Waals surface area contributed by atoms with Crippen LogP contribution in [0.25, 0.3) is 0 Å². The first-order valence-corrected chi connectivity index (χ1v) is 7.26. The van der Waals surface area contributed by atoms with Crippen molar-refractivity contribution in [1.82, 2.24) is 9.29 Å². The lowest BCUT2D eigenvalue weighted by atomic mass is 9.90. The number of sulfonamides is 1. The van der Waals surface area contributed by atoms with Crippen LogP contribution in [-0.2, 0) is 21.8 Å². The summed E-state index contributed by atoms with van der Waals surface area (Å²) < 4.78 is 33.0. The molecule has 1 aliphatic carbocycles. The predicted octanol–water partition coefficient (Wildman–Crippen LogP) is 0.179. The van der Waals surface area contributed by atoms with Crippen molar-refractivity contribution in [2.75, 3.05) is 7.11 Å². The Bertz CT molecular complexity index is 586. The summed E-state index contributed by atoms with van der Waals surface area (Å²) in [6, 6.07) is 1.00. The number of carboxylic acid groups (broad SMARTS) is 1. The minimum Gasteiger partial charge on any atom is -0.477 e. The highest BCUT2D eigenvalue weighted by molar-refractivity contribution is 7.89. The highest BCUT2D eigenvalue weighted by Crippen LogP contribution is 2.24. The number of carboxylic acids is 1. The Morgan fingerprint density at radius 3 is 2.63 bits per heavy atom. The van der Waals surface area contributed by atoms with Gasteiger partial charge in [0, 0.05) is 26.4 Å². The summed E-state index contributed by atoms with van der Waals surface area (Å²) in [6.45, 7) is 0. The minimum atomic E-state index is -3.68. The van der Waals surface area contributed by atoms with Gasteiger partial charge in [-0.25, -0.2) is 17.9 Å². The van der Waals surface area contributed by atoms with E-state index >= 15 is 0 Å². The van der Waals surface area contributed by atoms with Gasteiger partial charge < -0.3 is 14.4 Å². The number of ether oxygens (including phenoxy) is 1. The maximum Gasteiger partial charge on any atom is 0.352 e. The molecule has 0 atom stereocenters. The molecule has 1 saturated carbocycles. The van der Waals surface area contributed by atoms with E-state index in [2.05, 4.69) is 4.72 Å². The van der Waals surface area contributed by atoms with Crippen LogP contribution in [0, 0.1) is 0 Å². The SMILES string of the molecule is COC1CC(NS(=O)(=O)c2cc(C(=O)O)n(C)c2)C1. The zero-order valence-electron chi connectivity index (χ0n) is 10.7. The Morgan fingerprint density at radius 1 is 1.53 bits per heavy atom. The van der Waals surface area contributed by atoms with E-state index < -0.39 is 16.0 Å². The Kier molecular flexibility index (Phi) is 3.66. The molecule has 0 amide bonds. The highest BCUT2D eigenvalue weighted by Gasteiger charge is 2.33. The first-order chi connectivity index (χ1) is 8.83. The Balaban J connectivity index is 2.12. The van der Waals surface area contributed by atoms with Crippen molar-refractivity contribution in [2.24, 2.45) is 7.05 Å². The topological polar surface area (TPSA) is 97.6 Å². The molecule has 8 heteroatoms. The van der Waals surface area contributed by atoms with Crippen molar-refractivity contribution >= 4 is 16.0 Å². The number of nitrogens with one attached hydrogen (secondary N) is 1. The van der Waals surface area contributed by atoms with Gasteiger partial charge in [-0.05, 0) is 18.9 Å². The van der Waals surface area contributed by atoms with Crippen molar-refractivity contribution in [1.29, 1.82) is 0 Å². The fraction of sp³-hybridized carbons (Fsp3) is 0.545. The van der Waals surface area contributed by atoms with Gasteiger partial charge in [-0.2, -0.15) is 0 Å². The summed E-state index contributed by atoms with van der Waals surface area (Å²) in [4.78, 5) is 10.8. The lowest BCUT2D eigenvalue weighted by Gasteiger charge is -2.34. The zero-order valence-corrected chi connectivity index (χ0v) is 11.5. The first kappa shape index (κ1) is 14.0. The fourth-order valence-corrected chi connectivity index (χ4v) is 3.37. The number of aromatic carboxylic acids is 1. The third kappa shape index (κ3) is 2.80. The lowest BCUT2D eigenvalue weighted by Crippen LogP contribution is -2.47. The maximum absolute atomic E-state index is 12.1. The van der Waals surface area contributed by atoms with E-state index in [0.29, 0.717) is 12.8 Å². The highest BCUT2D eigenvalue weighted by atomic mass is 32.2. The average molecular weight is 288 g/mol. The molecule has 1 aromatic heterocycles. The molecule has 0 spiro atoms. The largest absolute Gasteiger partial charge is 0.477 e. The number of hydrogen-bond donors (Lipinski definition) is 2. The van der Waals surface area contributed by atoms with Gasteiger partial charge in [-0.3, -0.25) is 0 Å². The van der Waals surface area contributed by atoms with Crippen molar-refractivity contribution in [2.45, 2.75) is 29.9 Å². The van der Waals surface area contributed by atoms with Crippen molar-refractivity contribution in [3.63, 3.8) is 0 Å². The van der Waals surface area contributed by atoms with Crippen LogP contribution in [0.4, 0.5) is 0 Å². The summed E-state index contributed by atoms with van der Waals surface area (Å²) in [5, 5.41) is 8.90. The second kappa shape index (κ2) is 4.95. The Labute approximate surface area is 111 Å². The van der Waals surface area contributed by atoms with Crippen LogP contribution >= 0.6 is 0 Å². The summed E-state index contributed by atoms with van der Waals surface area (Å²) >= 11 is 0. The van der Waals surface area contributed by atoms with Crippen LogP contribution in [0.2, 0.25) is 0 Å². The molecular formula is C11H16N2O5S. The van der Waals surface area contributed by atoms with E-state index in [1.807, 2.05) is 0 Å². The summed E-state index contributed by atoms with van der Waals surface area (Å²) in [5.41, 5.74) is -0.0660. The molecule has 106 valence electrons. The third-order valence-electron chi connectivity index (χ3n) is 3.26. The molecule has 2 rings (SSSR count). The van der Waals surface area contributed by atoms with Gasteiger partial charge in [0.1, 0.15) is 10.6 Å². The van der Waals surface area contributed by atoms with E-state index in [1.54, 1.807) is 7.11 Å². The summed E-state index contributed by atoms with van der Waals surface area (Å²) in [6.07, 6.45) is 2.65. The molecule has 7 nitrogen and oxygen atoms in total. The van der Waals surface area contributed by atoms with Crippen LogP contribution in [0.1, 0.15) is 23.3 Å². The lowest BCUT2D eigenvalue weighted by molar-refractivity contribution is 0.0236. The Hall–Kier alpha value is -1.38. The van der Waals surface area contributed by atoms with Crippen LogP contribution in [0.3, 0.4) is 0 Å². The standard InChI is InChI=1S/C11H16N2O5S/c1-13-6-9(5-10(13)11(14)15)19(16,17)12-7-3-8(4-7)18-2/h5-8,12H,3-4H2,1-2H3,(H,14,15). The van der Waals surface area contributed by atoms with Gasteiger partial charge in [-0.15, -0.1) is 0 Å². The van der Waals surface area contributed by atoms with Gasteiger partial charge in [0.15, 0.2) is 0 Å². The van der Waals surface area contributed by atoms with Gasteiger partial charge in [0.05, 0.1) is 6.10 Å². The zero-order chi connectivity index (χ0) is 14.2. The molecule has 0 saturated heterocycles. The molecule has 1 aliphatic rings. The molecule has 0 aliphatic heterocycles. The second-order valence-corrected chi connectivity index (χ2v) is 6.34. The summed E-state index contributed by atoms with van der Waals surface area (Å²) in [7, 11) is -0.595. The maximum atomic E-state index is 12.1. The normalized spacial score (nSPS) is 23.1. The van der Waals surface area contributed by atoms with E-state index in [9.17, 15) is 13.2 Å². The van der Waals surface area contributed by atoms with E-state index in [0.717, 1.165) is 6.07 Å². The first-order valence-electron chi connectivity index (χ1n) is 5.78. The van der Waals surface area contributed by atoms with Crippen LogP contribution < -0.4 is 4.72 Å². The second-order valence-electron chi connectivity index (χ2n) is 4.62. The quantitative estimate of drug-likeness (QED) is 0.805. The molecule has 2 N–H and O–H groups in total. The number of aromatic nitrogens is 1. The van der Waals surface area contributed by atoms with Crippen molar-refractivity contribution in [3.05, 3.63) is 18.0 Å². The molecule has 0 aromatic carbocycles. The van der Waals surface area contributed by atoms with Gasteiger partial charge in [0.25, 0.3) is 0 Å². The van der Waals surface area contributed by atoms with Crippen molar-refractivity contribution in [3.8, 4) is 0 Å². The molecule has 0 radical (unpaired) electrons. The number of nitrogens with zero attached hydrogens (tertiary/aromatic N) is 1. The number of aryl methyl sites for hydroxylation is 1. The van der Waals surface area contributed by atoms with Crippen LogP contribution in [0.5, 0.6) is 0 Å². The van der Waals surface area contributed by atoms with Crippen LogP contribution in [0.15, 0.2) is 17.2 Å². The molecule has 0 unspecified atom stereocenters. The van der Waals surface area contributed by atoms with E-state index in [4.69, 9.17) is 9.84 Å². The molecule has 1 aromatic rings. The molecule has 0 bridgehead atoms. The minimum absolute atomic E-state index is 0.0340.